The minimum atomic E-state index is -4.81. The van der Waals surface area contributed by atoms with Gasteiger partial charge in [-0.1, -0.05) is 20.8 Å². The summed E-state index contributed by atoms with van der Waals surface area (Å²) in [5, 5.41) is 5.60. The molecule has 0 aliphatic rings. The molecule has 0 aliphatic heterocycles. The molecular formula is C20H21F3N2O5S. The molecule has 2 aromatic rings. The summed E-state index contributed by atoms with van der Waals surface area (Å²) in [6.07, 6.45) is -4.81. The second-order valence-corrected chi connectivity index (χ2v) is 8.58. The summed E-state index contributed by atoms with van der Waals surface area (Å²) in [5.74, 6) is -2.05. The van der Waals surface area contributed by atoms with Crippen molar-refractivity contribution in [3.63, 3.8) is 0 Å². The van der Waals surface area contributed by atoms with Crippen LogP contribution in [-0.4, -0.2) is 30.8 Å². The van der Waals surface area contributed by atoms with Crippen molar-refractivity contribution in [2.45, 2.75) is 34.1 Å². The largest absolute Gasteiger partial charge is 0.573 e. The molecule has 0 radical (unpaired) electrons. The predicted molar refractivity (Wildman–Crippen MR) is 109 cm³/mol. The minimum absolute atomic E-state index is 0.204. The van der Waals surface area contributed by atoms with Gasteiger partial charge >= 0.3 is 12.3 Å². The topological polar surface area (TPSA) is 93.7 Å². The number of thiophene rings is 1. The minimum Gasteiger partial charge on any atom is -0.451 e. The van der Waals surface area contributed by atoms with Gasteiger partial charge in [-0.15, -0.1) is 24.5 Å². The van der Waals surface area contributed by atoms with E-state index in [-0.39, 0.29) is 16.5 Å². The number of hydrogen-bond acceptors (Lipinski definition) is 6. The summed E-state index contributed by atoms with van der Waals surface area (Å²) in [5.41, 5.74) is 0.184. The molecule has 0 spiro atoms. The number of carbonyl (C=O) groups excluding carboxylic acids is 3. The molecular weight excluding hydrogens is 437 g/mol. The molecule has 11 heteroatoms. The fourth-order valence-electron chi connectivity index (χ4n) is 2.18. The van der Waals surface area contributed by atoms with Gasteiger partial charge in [-0.3, -0.25) is 9.59 Å². The first-order valence-electron chi connectivity index (χ1n) is 8.99. The Labute approximate surface area is 180 Å². The third-order valence-corrected chi connectivity index (χ3v) is 4.86. The van der Waals surface area contributed by atoms with Gasteiger partial charge in [0.05, 0.1) is 5.00 Å². The van der Waals surface area contributed by atoms with Crippen LogP contribution in [0.3, 0.4) is 0 Å². The van der Waals surface area contributed by atoms with Crippen LogP contribution in [0.15, 0.2) is 30.3 Å². The number of rotatable bonds is 6. The molecule has 2 rings (SSSR count). The third-order valence-electron chi connectivity index (χ3n) is 3.73. The quantitative estimate of drug-likeness (QED) is 0.610. The lowest BCUT2D eigenvalue weighted by Crippen LogP contribution is -2.27. The van der Waals surface area contributed by atoms with Crippen LogP contribution in [0.2, 0.25) is 0 Å². The summed E-state index contributed by atoms with van der Waals surface area (Å²) in [4.78, 5) is 36.5. The highest BCUT2D eigenvalue weighted by molar-refractivity contribution is 7.18. The summed E-state index contributed by atoms with van der Waals surface area (Å²) >= 11 is 1.03. The van der Waals surface area contributed by atoms with Crippen molar-refractivity contribution in [3.05, 3.63) is 40.8 Å². The molecule has 0 aliphatic carbocycles. The van der Waals surface area contributed by atoms with Gasteiger partial charge < -0.3 is 20.1 Å². The second kappa shape index (κ2) is 9.38. The average molecular weight is 458 g/mol. The molecule has 7 nitrogen and oxygen atoms in total. The van der Waals surface area contributed by atoms with E-state index in [0.29, 0.717) is 10.6 Å². The Kier molecular flexibility index (Phi) is 7.32. The number of ether oxygens (including phenoxy) is 2. The first kappa shape index (κ1) is 24.2. The zero-order valence-corrected chi connectivity index (χ0v) is 18.0. The van der Waals surface area contributed by atoms with Crippen molar-refractivity contribution in [2.24, 2.45) is 5.41 Å². The van der Waals surface area contributed by atoms with Gasteiger partial charge in [-0.2, -0.15) is 0 Å². The lowest BCUT2D eigenvalue weighted by atomic mass is 9.96. The maximum absolute atomic E-state index is 12.3. The van der Waals surface area contributed by atoms with E-state index < -0.39 is 36.0 Å². The molecule has 0 saturated carbocycles. The molecule has 1 heterocycles. The fourth-order valence-corrected chi connectivity index (χ4v) is 3.14. The number of aryl methyl sites for hydroxylation is 1. The van der Waals surface area contributed by atoms with Gasteiger partial charge in [0.1, 0.15) is 10.6 Å². The molecule has 168 valence electrons. The summed E-state index contributed by atoms with van der Waals surface area (Å²) < 4.78 is 45.2. The lowest BCUT2D eigenvalue weighted by molar-refractivity contribution is -0.274. The number of anilines is 2. The number of carbonyl (C=O) groups is 3. The maximum Gasteiger partial charge on any atom is 0.573 e. The summed E-state index contributed by atoms with van der Waals surface area (Å²) in [7, 11) is 0. The maximum atomic E-state index is 12.3. The molecule has 0 unspecified atom stereocenters. The third kappa shape index (κ3) is 7.59. The predicted octanol–water partition coefficient (Wildman–Crippen LogP) is 4.74. The van der Waals surface area contributed by atoms with Gasteiger partial charge in [-0.25, -0.2) is 4.79 Å². The molecule has 0 fully saturated rings. The van der Waals surface area contributed by atoms with Gasteiger partial charge in [-0.05, 0) is 42.8 Å². The van der Waals surface area contributed by atoms with E-state index in [1.807, 2.05) is 0 Å². The molecule has 1 aromatic carbocycles. The summed E-state index contributed by atoms with van der Waals surface area (Å²) in [6.45, 7) is 6.35. The smallest absolute Gasteiger partial charge is 0.451 e. The Morgan fingerprint density at radius 3 is 2.19 bits per heavy atom. The highest BCUT2D eigenvalue weighted by atomic mass is 32.1. The summed E-state index contributed by atoms with van der Waals surface area (Å²) in [6, 6.07) is 6.15. The van der Waals surface area contributed by atoms with Crippen LogP contribution in [0.25, 0.3) is 0 Å². The Bertz CT molecular complexity index is 963. The number of alkyl halides is 3. The van der Waals surface area contributed by atoms with Crippen molar-refractivity contribution < 1.29 is 37.0 Å². The van der Waals surface area contributed by atoms with Crippen LogP contribution in [0.5, 0.6) is 5.75 Å². The van der Waals surface area contributed by atoms with Crippen LogP contribution in [0.1, 0.15) is 36.0 Å². The van der Waals surface area contributed by atoms with E-state index in [0.717, 1.165) is 23.5 Å². The fraction of sp³-hybridized carbons (Fsp3) is 0.350. The van der Waals surface area contributed by atoms with Crippen LogP contribution >= 0.6 is 11.3 Å². The van der Waals surface area contributed by atoms with E-state index in [9.17, 15) is 27.6 Å². The SMILES string of the molecule is Cc1cc(NC(=O)C(C)(C)C)sc1C(=O)OCC(=O)Nc1ccc(OC(F)(F)F)cc1. The van der Waals surface area contributed by atoms with Crippen LogP contribution in [0, 0.1) is 12.3 Å². The highest BCUT2D eigenvalue weighted by Crippen LogP contribution is 2.29. The highest BCUT2D eigenvalue weighted by Gasteiger charge is 2.31. The normalized spacial score (nSPS) is 11.6. The lowest BCUT2D eigenvalue weighted by Gasteiger charge is -2.16. The van der Waals surface area contributed by atoms with Crippen molar-refractivity contribution in [3.8, 4) is 5.75 Å². The monoisotopic (exact) mass is 458 g/mol. The first-order chi connectivity index (χ1) is 14.2. The molecule has 2 N–H and O–H groups in total. The Hall–Kier alpha value is -3.08. The van der Waals surface area contributed by atoms with Crippen LogP contribution in [0.4, 0.5) is 23.9 Å². The second-order valence-electron chi connectivity index (χ2n) is 7.52. The van der Waals surface area contributed by atoms with Crippen molar-refractivity contribution in [1.29, 1.82) is 0 Å². The molecule has 1 aromatic heterocycles. The zero-order chi connectivity index (χ0) is 23.4. The molecule has 2 amide bonds. The van der Waals surface area contributed by atoms with E-state index >= 15 is 0 Å². The first-order valence-corrected chi connectivity index (χ1v) is 9.81. The Balaban J connectivity index is 1.89. The van der Waals surface area contributed by atoms with Crippen molar-refractivity contribution in [1.82, 2.24) is 0 Å². The molecule has 31 heavy (non-hydrogen) atoms. The van der Waals surface area contributed by atoms with Gasteiger partial charge in [0.25, 0.3) is 5.91 Å². The zero-order valence-electron chi connectivity index (χ0n) is 17.2. The number of benzene rings is 1. The van der Waals surface area contributed by atoms with Crippen molar-refractivity contribution >= 4 is 39.8 Å². The number of amides is 2. The number of nitrogens with one attached hydrogen (secondary N) is 2. The number of halogens is 3. The van der Waals surface area contributed by atoms with E-state index in [2.05, 4.69) is 15.4 Å². The van der Waals surface area contributed by atoms with Gasteiger partial charge in [0, 0.05) is 11.1 Å². The van der Waals surface area contributed by atoms with Gasteiger partial charge in [0.15, 0.2) is 6.61 Å². The Morgan fingerprint density at radius 1 is 1.03 bits per heavy atom. The van der Waals surface area contributed by atoms with Crippen LogP contribution < -0.4 is 15.4 Å². The molecule has 0 saturated heterocycles. The van der Waals surface area contributed by atoms with Gasteiger partial charge in [0.2, 0.25) is 5.91 Å². The van der Waals surface area contributed by atoms with E-state index in [1.54, 1.807) is 33.8 Å². The average Bonchev–Trinajstić information content (AvgIpc) is 2.99. The standard InChI is InChI=1S/C20H21F3N2O5S/c1-11-9-15(25-18(28)19(2,3)4)31-16(11)17(27)29-10-14(26)24-12-5-7-13(8-6-12)30-20(21,22)23/h5-9H,10H2,1-4H3,(H,24,26)(H,25,28). The molecule has 0 atom stereocenters. The number of hydrogen-bond donors (Lipinski definition) is 2. The van der Waals surface area contributed by atoms with E-state index in [4.69, 9.17) is 4.74 Å². The van der Waals surface area contributed by atoms with E-state index in [1.165, 1.54) is 12.1 Å². The number of esters is 1. The Morgan fingerprint density at radius 2 is 1.65 bits per heavy atom. The molecule has 0 bridgehead atoms. The van der Waals surface area contributed by atoms with Crippen molar-refractivity contribution in [2.75, 3.05) is 17.2 Å². The van der Waals surface area contributed by atoms with Crippen LogP contribution in [-0.2, 0) is 14.3 Å².